The van der Waals surface area contributed by atoms with E-state index in [0.717, 1.165) is 28.2 Å². The highest BCUT2D eigenvalue weighted by atomic mass is 32.1. The lowest BCUT2D eigenvalue weighted by Crippen LogP contribution is -2.22. The molecule has 0 spiro atoms. The Morgan fingerprint density at radius 1 is 1.17 bits per heavy atom. The minimum absolute atomic E-state index is 0.110. The van der Waals surface area contributed by atoms with Crippen LogP contribution in [-0.2, 0) is 4.79 Å². The van der Waals surface area contributed by atoms with E-state index in [9.17, 15) is 14.7 Å². The molecule has 1 amide bonds. The lowest BCUT2D eigenvalue weighted by atomic mass is 9.88. The van der Waals surface area contributed by atoms with Gasteiger partial charge in [0.05, 0.1) is 12.3 Å². The molecule has 4 rings (SSSR count). The van der Waals surface area contributed by atoms with Crippen LogP contribution in [0.3, 0.4) is 0 Å². The van der Waals surface area contributed by atoms with Gasteiger partial charge in [-0.25, -0.2) is 4.79 Å². The molecule has 6 heteroatoms. The molecule has 1 aliphatic rings. The van der Waals surface area contributed by atoms with Gasteiger partial charge in [0.15, 0.2) is 0 Å². The van der Waals surface area contributed by atoms with Crippen LogP contribution in [0.2, 0.25) is 0 Å². The second-order valence-electron chi connectivity index (χ2n) is 6.94. The van der Waals surface area contributed by atoms with Gasteiger partial charge < -0.3 is 15.2 Å². The molecule has 29 heavy (non-hydrogen) atoms. The number of rotatable bonds is 6. The SMILES string of the molecule is CCCOc1ccc([C@@H]2CC(=O)Nc3c2sc(C(=O)O)c3-c2ccccc2)cc1. The van der Waals surface area contributed by atoms with Crippen molar-refractivity contribution in [1.82, 2.24) is 0 Å². The Balaban J connectivity index is 1.79. The maximum absolute atomic E-state index is 12.5. The molecule has 0 saturated carbocycles. The van der Waals surface area contributed by atoms with Crippen molar-refractivity contribution in [1.29, 1.82) is 0 Å². The average Bonchev–Trinajstić information content (AvgIpc) is 3.12. The Bertz CT molecular complexity index is 1040. The van der Waals surface area contributed by atoms with E-state index >= 15 is 0 Å². The largest absolute Gasteiger partial charge is 0.494 e. The van der Waals surface area contributed by atoms with Crippen LogP contribution < -0.4 is 10.1 Å². The van der Waals surface area contributed by atoms with Crippen LogP contribution in [0.25, 0.3) is 11.1 Å². The molecule has 1 aliphatic heterocycles. The Morgan fingerprint density at radius 3 is 2.55 bits per heavy atom. The van der Waals surface area contributed by atoms with Crippen LogP contribution in [0, 0.1) is 0 Å². The molecule has 0 fully saturated rings. The number of hydrogen-bond acceptors (Lipinski definition) is 4. The zero-order valence-corrected chi connectivity index (χ0v) is 16.8. The van der Waals surface area contributed by atoms with Crippen molar-refractivity contribution >= 4 is 28.9 Å². The van der Waals surface area contributed by atoms with Crippen molar-refractivity contribution in [3.05, 3.63) is 69.9 Å². The third-order valence-corrected chi connectivity index (χ3v) is 6.21. The summed E-state index contributed by atoms with van der Waals surface area (Å²) >= 11 is 1.24. The number of hydrogen-bond donors (Lipinski definition) is 2. The van der Waals surface area contributed by atoms with Gasteiger partial charge >= 0.3 is 5.97 Å². The molecular formula is C23H21NO4S. The highest BCUT2D eigenvalue weighted by molar-refractivity contribution is 7.15. The van der Waals surface area contributed by atoms with Crippen LogP contribution in [0.4, 0.5) is 5.69 Å². The Morgan fingerprint density at radius 2 is 1.90 bits per heavy atom. The quantitative estimate of drug-likeness (QED) is 0.575. The molecule has 2 aromatic carbocycles. The van der Waals surface area contributed by atoms with Gasteiger partial charge in [0, 0.05) is 22.8 Å². The predicted molar refractivity (Wildman–Crippen MR) is 114 cm³/mol. The fourth-order valence-corrected chi connectivity index (χ4v) is 4.85. The van der Waals surface area contributed by atoms with Crippen LogP contribution in [0.5, 0.6) is 5.75 Å². The summed E-state index contributed by atoms with van der Waals surface area (Å²) in [7, 11) is 0. The summed E-state index contributed by atoms with van der Waals surface area (Å²) in [6.07, 6.45) is 1.22. The van der Waals surface area contributed by atoms with E-state index in [1.165, 1.54) is 11.3 Å². The van der Waals surface area contributed by atoms with Crippen molar-refractivity contribution in [3.63, 3.8) is 0 Å². The Kier molecular flexibility index (Phi) is 5.36. The van der Waals surface area contributed by atoms with Gasteiger partial charge in [-0.3, -0.25) is 4.79 Å². The van der Waals surface area contributed by atoms with Crippen molar-refractivity contribution in [2.75, 3.05) is 11.9 Å². The van der Waals surface area contributed by atoms with E-state index < -0.39 is 5.97 Å². The first-order valence-corrected chi connectivity index (χ1v) is 10.4. The number of fused-ring (bicyclic) bond motifs is 1. The maximum atomic E-state index is 12.5. The van der Waals surface area contributed by atoms with Crippen LogP contribution in [-0.4, -0.2) is 23.6 Å². The number of nitrogens with one attached hydrogen (secondary N) is 1. The van der Waals surface area contributed by atoms with Crippen molar-refractivity contribution in [2.45, 2.75) is 25.7 Å². The summed E-state index contributed by atoms with van der Waals surface area (Å²) in [6, 6.07) is 17.1. The summed E-state index contributed by atoms with van der Waals surface area (Å²) in [5, 5.41) is 12.7. The predicted octanol–water partition coefficient (Wildman–Crippen LogP) is 5.38. The first kappa shape index (κ1) is 19.2. The van der Waals surface area contributed by atoms with Gasteiger partial charge in [-0.05, 0) is 29.7 Å². The molecular weight excluding hydrogens is 386 g/mol. The molecule has 2 N–H and O–H groups in total. The van der Waals surface area contributed by atoms with Gasteiger partial charge in [0.1, 0.15) is 10.6 Å². The Labute approximate surface area is 173 Å². The summed E-state index contributed by atoms with van der Waals surface area (Å²) in [6.45, 7) is 2.71. The average molecular weight is 407 g/mol. The fraction of sp³-hybridized carbons (Fsp3) is 0.217. The number of carbonyl (C=O) groups excluding carboxylic acids is 1. The second kappa shape index (κ2) is 8.09. The molecule has 148 valence electrons. The number of aromatic carboxylic acids is 1. The van der Waals surface area contributed by atoms with Gasteiger partial charge in [0.2, 0.25) is 5.91 Å². The molecule has 0 saturated heterocycles. The van der Waals surface area contributed by atoms with Gasteiger partial charge in [-0.1, -0.05) is 49.4 Å². The van der Waals surface area contributed by atoms with E-state index in [1.807, 2.05) is 54.6 Å². The standard InChI is InChI=1S/C23H21NO4S/c1-2-12-28-16-10-8-14(9-11-16)17-13-18(25)24-20-19(15-6-4-3-5-7-15)22(23(26)27)29-21(17)20/h3-11,17H,2,12-13H2,1H3,(H,24,25)(H,26,27)/t17-/m0/s1. The molecule has 1 aromatic heterocycles. The Hall–Kier alpha value is -3.12. The van der Waals surface area contributed by atoms with E-state index in [0.29, 0.717) is 17.9 Å². The number of carboxylic acids is 1. The van der Waals surface area contributed by atoms with Crippen molar-refractivity contribution in [2.24, 2.45) is 0 Å². The number of carbonyl (C=O) groups is 2. The third-order valence-electron chi connectivity index (χ3n) is 4.92. The van der Waals surface area contributed by atoms with Crippen LogP contribution in [0.15, 0.2) is 54.6 Å². The topological polar surface area (TPSA) is 75.6 Å². The summed E-state index contributed by atoms with van der Waals surface area (Å²) < 4.78 is 5.65. The highest BCUT2D eigenvalue weighted by Gasteiger charge is 2.34. The molecule has 2 heterocycles. The first-order valence-electron chi connectivity index (χ1n) is 9.56. The minimum atomic E-state index is -0.987. The van der Waals surface area contributed by atoms with E-state index in [2.05, 4.69) is 12.2 Å². The molecule has 0 unspecified atom stereocenters. The zero-order chi connectivity index (χ0) is 20.4. The minimum Gasteiger partial charge on any atom is -0.494 e. The summed E-state index contributed by atoms with van der Waals surface area (Å²) in [5.74, 6) is -0.488. The normalized spacial score (nSPS) is 15.5. The monoisotopic (exact) mass is 407 g/mol. The van der Waals surface area contributed by atoms with Crippen molar-refractivity contribution in [3.8, 4) is 16.9 Å². The third kappa shape index (κ3) is 3.76. The van der Waals surface area contributed by atoms with Crippen LogP contribution >= 0.6 is 11.3 Å². The molecule has 5 nitrogen and oxygen atoms in total. The maximum Gasteiger partial charge on any atom is 0.346 e. The number of thiophene rings is 1. The lowest BCUT2D eigenvalue weighted by molar-refractivity contribution is -0.116. The number of ether oxygens (including phenoxy) is 1. The fourth-order valence-electron chi connectivity index (χ4n) is 3.60. The summed E-state index contributed by atoms with van der Waals surface area (Å²) in [5.41, 5.74) is 2.96. The van der Waals surface area contributed by atoms with E-state index in [4.69, 9.17) is 4.74 Å². The molecule has 0 aliphatic carbocycles. The molecule has 0 bridgehead atoms. The molecule has 3 aromatic rings. The zero-order valence-electron chi connectivity index (χ0n) is 16.0. The second-order valence-corrected chi connectivity index (χ2v) is 7.99. The van der Waals surface area contributed by atoms with Gasteiger partial charge in [-0.2, -0.15) is 0 Å². The first-order chi connectivity index (χ1) is 14.1. The van der Waals surface area contributed by atoms with Gasteiger partial charge in [-0.15, -0.1) is 11.3 Å². The highest BCUT2D eigenvalue weighted by Crippen LogP contribution is 2.49. The smallest absolute Gasteiger partial charge is 0.346 e. The van der Waals surface area contributed by atoms with E-state index in [1.54, 1.807) is 0 Å². The van der Waals surface area contributed by atoms with E-state index in [-0.39, 0.29) is 23.1 Å². The van der Waals surface area contributed by atoms with Crippen molar-refractivity contribution < 1.29 is 19.4 Å². The molecule has 0 radical (unpaired) electrons. The number of amides is 1. The number of carboxylic acid groups (broad SMARTS) is 1. The molecule has 1 atom stereocenters. The number of anilines is 1. The summed E-state index contributed by atoms with van der Waals surface area (Å²) in [4.78, 5) is 25.6. The van der Waals surface area contributed by atoms with Crippen LogP contribution in [0.1, 0.15) is 45.8 Å². The van der Waals surface area contributed by atoms with Gasteiger partial charge in [0.25, 0.3) is 0 Å². The number of benzene rings is 2. The lowest BCUT2D eigenvalue weighted by Gasteiger charge is -2.24.